The summed E-state index contributed by atoms with van der Waals surface area (Å²) in [7, 11) is 0. The zero-order valence-electron chi connectivity index (χ0n) is 13.4. The maximum Gasteiger partial charge on any atom is 0.275 e. The lowest BCUT2D eigenvalue weighted by Gasteiger charge is -2.09. The molecule has 1 amide bonds. The van der Waals surface area contributed by atoms with Crippen molar-refractivity contribution in [1.29, 1.82) is 0 Å². The maximum atomic E-state index is 12.3. The molecular formula is C19H14N4OS. The molecule has 3 heterocycles. The van der Waals surface area contributed by atoms with Crippen molar-refractivity contribution < 1.29 is 4.79 Å². The van der Waals surface area contributed by atoms with E-state index in [1.54, 1.807) is 17.1 Å². The molecule has 0 saturated carbocycles. The van der Waals surface area contributed by atoms with Crippen LogP contribution in [0.15, 0.2) is 59.7 Å². The highest BCUT2D eigenvalue weighted by molar-refractivity contribution is 7.07. The summed E-state index contributed by atoms with van der Waals surface area (Å²) in [6.45, 7) is 2.00. The fourth-order valence-corrected chi connectivity index (χ4v) is 3.15. The van der Waals surface area contributed by atoms with E-state index in [-0.39, 0.29) is 5.91 Å². The van der Waals surface area contributed by atoms with Gasteiger partial charge in [0.25, 0.3) is 5.91 Å². The minimum absolute atomic E-state index is 0.238. The van der Waals surface area contributed by atoms with E-state index in [0.29, 0.717) is 11.4 Å². The number of carbonyl (C=O) groups excluding carboxylic acids is 1. The van der Waals surface area contributed by atoms with Crippen LogP contribution in [0.5, 0.6) is 0 Å². The number of hydrogen-bond acceptors (Lipinski definition) is 5. The summed E-state index contributed by atoms with van der Waals surface area (Å²) in [6, 6.07) is 11.7. The molecule has 3 aromatic heterocycles. The van der Waals surface area contributed by atoms with Crippen LogP contribution in [0.25, 0.3) is 22.2 Å². The molecule has 4 aromatic rings. The summed E-state index contributed by atoms with van der Waals surface area (Å²) >= 11 is 1.39. The summed E-state index contributed by atoms with van der Waals surface area (Å²) in [5.74, 6) is -0.238. The van der Waals surface area contributed by atoms with Crippen molar-refractivity contribution >= 4 is 33.8 Å². The third-order valence-corrected chi connectivity index (χ3v) is 4.39. The topological polar surface area (TPSA) is 67.8 Å². The molecule has 0 unspecified atom stereocenters. The Kier molecular flexibility index (Phi) is 3.95. The van der Waals surface area contributed by atoms with Crippen LogP contribution in [-0.4, -0.2) is 20.9 Å². The number of rotatable bonds is 3. The molecule has 0 spiro atoms. The van der Waals surface area contributed by atoms with Crippen LogP contribution >= 0.6 is 11.3 Å². The number of pyridine rings is 2. The van der Waals surface area contributed by atoms with Gasteiger partial charge in [-0.2, -0.15) is 0 Å². The van der Waals surface area contributed by atoms with Crippen LogP contribution in [-0.2, 0) is 0 Å². The monoisotopic (exact) mass is 346 g/mol. The Morgan fingerprint density at radius 3 is 2.88 bits per heavy atom. The average Bonchev–Trinajstić information content (AvgIpc) is 3.16. The van der Waals surface area contributed by atoms with Gasteiger partial charge in [-0.05, 0) is 30.7 Å². The van der Waals surface area contributed by atoms with E-state index in [2.05, 4.69) is 15.3 Å². The van der Waals surface area contributed by atoms with Gasteiger partial charge in [-0.15, -0.1) is 11.3 Å². The normalized spacial score (nSPS) is 10.8. The summed E-state index contributed by atoms with van der Waals surface area (Å²) in [4.78, 5) is 25.3. The molecule has 0 saturated heterocycles. The fraction of sp³-hybridized carbons (Fsp3) is 0.0526. The van der Waals surface area contributed by atoms with Gasteiger partial charge in [-0.1, -0.05) is 18.2 Å². The molecule has 0 atom stereocenters. The number of aromatic nitrogens is 3. The standard InChI is InChI=1S/C19H14N4OS/c1-12-7-14(9-20-8-12)15-6-5-13-3-2-4-16(18(13)22-15)23-19(24)17-10-25-11-21-17/h2-11H,1H3,(H,23,24). The Balaban J connectivity index is 1.77. The van der Waals surface area contributed by atoms with Crippen LogP contribution < -0.4 is 5.32 Å². The molecule has 5 nitrogen and oxygen atoms in total. The van der Waals surface area contributed by atoms with Gasteiger partial charge in [-0.25, -0.2) is 9.97 Å². The molecule has 0 radical (unpaired) electrons. The highest BCUT2D eigenvalue weighted by Crippen LogP contribution is 2.26. The Labute approximate surface area is 148 Å². The van der Waals surface area contributed by atoms with Crippen molar-refractivity contribution in [3.63, 3.8) is 0 Å². The predicted molar refractivity (Wildman–Crippen MR) is 99.8 cm³/mol. The lowest BCUT2D eigenvalue weighted by atomic mass is 10.1. The molecule has 0 aliphatic heterocycles. The quantitative estimate of drug-likeness (QED) is 0.600. The minimum Gasteiger partial charge on any atom is -0.319 e. The van der Waals surface area contributed by atoms with E-state index >= 15 is 0 Å². The number of nitrogens with zero attached hydrogens (tertiary/aromatic N) is 3. The van der Waals surface area contributed by atoms with Gasteiger partial charge in [-0.3, -0.25) is 9.78 Å². The first-order valence-corrected chi connectivity index (χ1v) is 8.66. The first-order chi connectivity index (χ1) is 12.2. The first kappa shape index (κ1) is 15.4. The summed E-state index contributed by atoms with van der Waals surface area (Å²) in [5.41, 5.74) is 6.29. The van der Waals surface area contributed by atoms with Gasteiger partial charge in [0.1, 0.15) is 5.69 Å². The molecule has 25 heavy (non-hydrogen) atoms. The fourth-order valence-electron chi connectivity index (χ4n) is 2.61. The second-order valence-corrected chi connectivity index (χ2v) is 6.37. The zero-order chi connectivity index (χ0) is 17.2. The molecule has 122 valence electrons. The first-order valence-electron chi connectivity index (χ1n) is 7.72. The summed E-state index contributed by atoms with van der Waals surface area (Å²) in [6.07, 6.45) is 3.60. The SMILES string of the molecule is Cc1cncc(-c2ccc3cccc(NC(=O)c4cscn4)c3n2)c1. The lowest BCUT2D eigenvalue weighted by Crippen LogP contribution is -2.12. The van der Waals surface area contributed by atoms with Gasteiger partial charge >= 0.3 is 0 Å². The van der Waals surface area contributed by atoms with E-state index in [4.69, 9.17) is 4.98 Å². The van der Waals surface area contributed by atoms with Crippen molar-refractivity contribution in [2.24, 2.45) is 0 Å². The molecular weight excluding hydrogens is 332 g/mol. The molecule has 4 rings (SSSR count). The van der Waals surface area contributed by atoms with Crippen LogP contribution in [0.3, 0.4) is 0 Å². The number of amides is 1. The molecule has 0 aliphatic carbocycles. The number of carbonyl (C=O) groups is 1. The predicted octanol–water partition coefficient (Wildman–Crippen LogP) is 4.31. The number of benzene rings is 1. The van der Waals surface area contributed by atoms with Crippen LogP contribution in [0, 0.1) is 6.92 Å². The largest absolute Gasteiger partial charge is 0.319 e. The van der Waals surface area contributed by atoms with Gasteiger partial charge in [0.15, 0.2) is 0 Å². The molecule has 1 aromatic carbocycles. The number of hydrogen-bond donors (Lipinski definition) is 1. The summed E-state index contributed by atoms with van der Waals surface area (Å²) < 4.78 is 0. The third kappa shape index (κ3) is 3.12. The Bertz CT molecular complexity index is 1060. The molecule has 0 fully saturated rings. The number of fused-ring (bicyclic) bond motifs is 1. The van der Waals surface area contributed by atoms with E-state index in [1.807, 2.05) is 49.5 Å². The van der Waals surface area contributed by atoms with Crippen LogP contribution in [0.1, 0.15) is 16.1 Å². The van der Waals surface area contributed by atoms with E-state index in [1.165, 1.54) is 11.3 Å². The van der Waals surface area contributed by atoms with Gasteiger partial charge in [0.2, 0.25) is 0 Å². The van der Waals surface area contributed by atoms with E-state index in [0.717, 1.165) is 27.7 Å². The van der Waals surface area contributed by atoms with Crippen molar-refractivity contribution in [3.05, 3.63) is 70.9 Å². The van der Waals surface area contributed by atoms with Crippen LogP contribution in [0.4, 0.5) is 5.69 Å². The van der Waals surface area contributed by atoms with Gasteiger partial charge in [0.05, 0.1) is 22.4 Å². The molecule has 0 aliphatic rings. The third-order valence-electron chi connectivity index (χ3n) is 3.80. The van der Waals surface area contributed by atoms with Crippen molar-refractivity contribution in [2.75, 3.05) is 5.32 Å². The molecule has 1 N–H and O–H groups in total. The maximum absolute atomic E-state index is 12.3. The van der Waals surface area contributed by atoms with E-state index in [9.17, 15) is 4.79 Å². The number of anilines is 1. The Hall–Kier alpha value is -3.12. The smallest absolute Gasteiger partial charge is 0.275 e. The van der Waals surface area contributed by atoms with Crippen molar-refractivity contribution in [2.45, 2.75) is 6.92 Å². The number of aryl methyl sites for hydroxylation is 1. The Morgan fingerprint density at radius 2 is 2.08 bits per heavy atom. The van der Waals surface area contributed by atoms with Crippen molar-refractivity contribution in [1.82, 2.24) is 15.0 Å². The Morgan fingerprint density at radius 1 is 1.16 bits per heavy atom. The van der Waals surface area contributed by atoms with Gasteiger partial charge in [0, 0.05) is 28.7 Å². The highest BCUT2D eigenvalue weighted by Gasteiger charge is 2.11. The van der Waals surface area contributed by atoms with Gasteiger partial charge < -0.3 is 5.32 Å². The summed E-state index contributed by atoms with van der Waals surface area (Å²) in [5, 5.41) is 5.58. The number of thiazole rings is 1. The second kappa shape index (κ2) is 6.41. The molecule has 6 heteroatoms. The highest BCUT2D eigenvalue weighted by atomic mass is 32.1. The average molecular weight is 346 g/mol. The lowest BCUT2D eigenvalue weighted by molar-refractivity contribution is 0.102. The molecule has 0 bridgehead atoms. The van der Waals surface area contributed by atoms with Crippen LogP contribution in [0.2, 0.25) is 0 Å². The second-order valence-electron chi connectivity index (χ2n) is 5.65. The zero-order valence-corrected chi connectivity index (χ0v) is 14.2. The van der Waals surface area contributed by atoms with E-state index < -0.39 is 0 Å². The number of nitrogens with one attached hydrogen (secondary N) is 1. The number of para-hydroxylation sites is 1. The van der Waals surface area contributed by atoms with Crippen molar-refractivity contribution in [3.8, 4) is 11.3 Å². The minimum atomic E-state index is -0.238.